The van der Waals surface area contributed by atoms with Crippen molar-refractivity contribution in [3.05, 3.63) is 34.7 Å². The van der Waals surface area contributed by atoms with Gasteiger partial charge in [0.1, 0.15) is 21.8 Å². The monoisotopic (exact) mass is 341 g/mol. The summed E-state index contributed by atoms with van der Waals surface area (Å²) in [6, 6.07) is 6.68. The highest BCUT2D eigenvalue weighted by Gasteiger charge is 2.30. The van der Waals surface area contributed by atoms with E-state index >= 15 is 0 Å². The summed E-state index contributed by atoms with van der Waals surface area (Å²) in [5, 5.41) is 0. The van der Waals surface area contributed by atoms with E-state index in [0.29, 0.717) is 22.8 Å². The first-order chi connectivity index (χ1) is 10.7. The molecule has 2 aromatic rings. The first-order valence-electron chi connectivity index (χ1n) is 6.88. The Kier molecular flexibility index (Phi) is 4.99. The summed E-state index contributed by atoms with van der Waals surface area (Å²) in [7, 11) is 1.53. The first kappa shape index (κ1) is 17.3. The third kappa shape index (κ3) is 4.04. The maximum atomic E-state index is 13.2. The number of nitrogens with zero attached hydrogens (tertiary/aromatic N) is 1. The Morgan fingerprint density at radius 1 is 1.22 bits per heavy atom. The van der Waals surface area contributed by atoms with Crippen LogP contribution in [-0.4, -0.2) is 23.1 Å². The van der Waals surface area contributed by atoms with E-state index in [1.165, 1.54) is 7.11 Å². The zero-order valence-corrected chi connectivity index (χ0v) is 14.0. The van der Waals surface area contributed by atoms with Crippen LogP contribution in [0.5, 0.6) is 5.75 Å². The number of alkyl halides is 2. The fourth-order valence-corrected chi connectivity index (χ4v) is 2.66. The van der Waals surface area contributed by atoms with Crippen LogP contribution in [0.1, 0.15) is 42.4 Å². The largest absolute Gasteiger partial charge is 0.497 e. The minimum absolute atomic E-state index is 0.176. The van der Waals surface area contributed by atoms with Crippen LogP contribution in [0.25, 0.3) is 11.3 Å². The molecule has 0 radical (unpaired) electrons. The lowest BCUT2D eigenvalue weighted by Crippen LogP contribution is -2.24. The number of methoxy groups -OCH3 is 1. The summed E-state index contributed by atoms with van der Waals surface area (Å²) in [4.78, 5) is 12.0. The van der Waals surface area contributed by atoms with Crippen molar-refractivity contribution in [2.75, 3.05) is 7.11 Å². The van der Waals surface area contributed by atoms with E-state index in [1.807, 2.05) is 0 Å². The van der Waals surface area contributed by atoms with Crippen LogP contribution in [-0.2, 0) is 4.74 Å². The molecule has 0 bridgehead atoms. The molecule has 0 unspecified atom stereocenters. The second-order valence-electron chi connectivity index (χ2n) is 5.80. The molecular weight excluding hydrogens is 324 g/mol. The van der Waals surface area contributed by atoms with E-state index in [2.05, 4.69) is 4.37 Å². The van der Waals surface area contributed by atoms with E-state index in [9.17, 15) is 13.6 Å². The molecule has 23 heavy (non-hydrogen) atoms. The zero-order chi connectivity index (χ0) is 17.2. The average Bonchev–Trinajstić information content (AvgIpc) is 2.90. The molecule has 4 nitrogen and oxygen atoms in total. The van der Waals surface area contributed by atoms with Gasteiger partial charge in [-0.3, -0.25) is 0 Å². The Hall–Kier alpha value is -2.02. The third-order valence-corrected chi connectivity index (χ3v) is 3.74. The van der Waals surface area contributed by atoms with Crippen LogP contribution < -0.4 is 4.74 Å². The van der Waals surface area contributed by atoms with Gasteiger partial charge in [0.25, 0.3) is 6.43 Å². The van der Waals surface area contributed by atoms with E-state index in [4.69, 9.17) is 9.47 Å². The Balaban J connectivity index is 2.49. The molecule has 0 spiro atoms. The Bertz CT molecular complexity index is 690. The summed E-state index contributed by atoms with van der Waals surface area (Å²) in [5.41, 5.74) is -0.211. The zero-order valence-electron chi connectivity index (χ0n) is 13.2. The van der Waals surface area contributed by atoms with Gasteiger partial charge in [-0.05, 0) is 56.6 Å². The highest BCUT2D eigenvalue weighted by molar-refractivity contribution is 7.06. The maximum absolute atomic E-state index is 13.2. The van der Waals surface area contributed by atoms with E-state index in [0.717, 1.165) is 0 Å². The molecule has 0 aliphatic carbocycles. The topological polar surface area (TPSA) is 48.4 Å². The molecule has 0 fully saturated rings. The highest BCUT2D eigenvalue weighted by atomic mass is 32.1. The van der Waals surface area contributed by atoms with Gasteiger partial charge in [-0.25, -0.2) is 13.6 Å². The molecule has 0 N–H and O–H groups in total. The normalized spacial score (nSPS) is 11.6. The van der Waals surface area contributed by atoms with E-state index < -0.39 is 18.0 Å². The number of carbonyl (C=O) groups is 1. The van der Waals surface area contributed by atoms with Gasteiger partial charge < -0.3 is 9.47 Å². The minimum atomic E-state index is -2.79. The number of carbonyl (C=O) groups excluding carboxylic acids is 1. The molecule has 7 heteroatoms. The number of halogens is 2. The fourth-order valence-electron chi connectivity index (χ4n) is 1.92. The Labute approximate surface area is 137 Å². The lowest BCUT2D eigenvalue weighted by atomic mass is 10.1. The summed E-state index contributed by atoms with van der Waals surface area (Å²) in [6.07, 6.45) is -2.79. The standard InChI is InChI=1S/C16H17F2NO3S/c1-16(2,3)22-15(20)11-12(19-23-13(11)14(17)18)9-5-7-10(21-4)8-6-9/h5-8,14H,1-4H3. The van der Waals surface area contributed by atoms with Crippen LogP contribution in [0.15, 0.2) is 24.3 Å². The smallest absolute Gasteiger partial charge is 0.342 e. The number of hydrogen-bond donors (Lipinski definition) is 0. The summed E-state index contributed by atoms with van der Waals surface area (Å²) < 4.78 is 40.8. The van der Waals surface area contributed by atoms with Crippen molar-refractivity contribution in [3.8, 4) is 17.0 Å². The minimum Gasteiger partial charge on any atom is -0.497 e. The number of esters is 1. The van der Waals surface area contributed by atoms with Crippen LogP contribution >= 0.6 is 11.5 Å². The number of hydrogen-bond acceptors (Lipinski definition) is 5. The Morgan fingerprint density at radius 3 is 2.30 bits per heavy atom. The molecule has 0 amide bonds. The van der Waals surface area contributed by atoms with Crippen molar-refractivity contribution in [1.82, 2.24) is 4.37 Å². The number of benzene rings is 1. The lowest BCUT2D eigenvalue weighted by Gasteiger charge is -2.20. The molecule has 0 saturated carbocycles. The van der Waals surface area contributed by atoms with Gasteiger partial charge in [-0.15, -0.1) is 0 Å². The van der Waals surface area contributed by atoms with Crippen molar-refractivity contribution in [3.63, 3.8) is 0 Å². The van der Waals surface area contributed by atoms with Crippen molar-refractivity contribution < 1.29 is 23.0 Å². The summed E-state index contributed by atoms with van der Waals surface area (Å²) >= 11 is 0.611. The second-order valence-corrected chi connectivity index (χ2v) is 6.61. The van der Waals surface area contributed by atoms with Crippen molar-refractivity contribution in [2.24, 2.45) is 0 Å². The molecule has 0 aliphatic rings. The van der Waals surface area contributed by atoms with Gasteiger partial charge in [0.15, 0.2) is 0 Å². The van der Waals surface area contributed by atoms with Gasteiger partial charge in [0.2, 0.25) is 0 Å². The van der Waals surface area contributed by atoms with E-state index in [-0.39, 0.29) is 16.1 Å². The lowest BCUT2D eigenvalue weighted by molar-refractivity contribution is 0.00643. The first-order valence-corrected chi connectivity index (χ1v) is 7.65. The van der Waals surface area contributed by atoms with Crippen molar-refractivity contribution in [1.29, 1.82) is 0 Å². The SMILES string of the molecule is COc1ccc(-c2nsc(C(F)F)c2C(=O)OC(C)(C)C)cc1. The second kappa shape index (κ2) is 6.62. The van der Waals surface area contributed by atoms with Crippen LogP contribution in [0, 0.1) is 0 Å². The third-order valence-electron chi connectivity index (χ3n) is 2.88. The van der Waals surface area contributed by atoms with Gasteiger partial charge >= 0.3 is 5.97 Å². The summed E-state index contributed by atoms with van der Waals surface area (Å²) in [5.74, 6) is -0.177. The van der Waals surface area contributed by atoms with E-state index in [1.54, 1.807) is 45.0 Å². The Morgan fingerprint density at radius 2 is 1.83 bits per heavy atom. The van der Waals surface area contributed by atoms with Crippen LogP contribution in [0.2, 0.25) is 0 Å². The van der Waals surface area contributed by atoms with Crippen molar-refractivity contribution in [2.45, 2.75) is 32.8 Å². The number of aromatic nitrogens is 1. The van der Waals surface area contributed by atoms with Crippen molar-refractivity contribution >= 4 is 17.5 Å². The fraction of sp³-hybridized carbons (Fsp3) is 0.375. The number of ether oxygens (including phenoxy) is 2. The van der Waals surface area contributed by atoms with Gasteiger partial charge in [-0.1, -0.05) is 0 Å². The predicted molar refractivity (Wildman–Crippen MR) is 84.2 cm³/mol. The molecule has 0 aliphatic heterocycles. The van der Waals surface area contributed by atoms with Gasteiger partial charge in [0, 0.05) is 5.56 Å². The molecule has 1 aromatic carbocycles. The van der Waals surface area contributed by atoms with Crippen LogP contribution in [0.3, 0.4) is 0 Å². The van der Waals surface area contributed by atoms with Gasteiger partial charge in [0.05, 0.1) is 12.8 Å². The maximum Gasteiger partial charge on any atom is 0.342 e. The van der Waals surface area contributed by atoms with Crippen LogP contribution in [0.4, 0.5) is 8.78 Å². The highest BCUT2D eigenvalue weighted by Crippen LogP contribution is 2.36. The predicted octanol–water partition coefficient (Wildman–Crippen LogP) is 4.71. The van der Waals surface area contributed by atoms with Gasteiger partial charge in [-0.2, -0.15) is 4.37 Å². The number of rotatable bonds is 4. The molecule has 0 saturated heterocycles. The molecule has 1 aromatic heterocycles. The molecule has 2 rings (SSSR count). The average molecular weight is 341 g/mol. The molecular formula is C16H17F2NO3S. The molecule has 0 atom stereocenters. The summed E-state index contributed by atoms with van der Waals surface area (Å²) in [6.45, 7) is 5.04. The molecule has 1 heterocycles. The quantitative estimate of drug-likeness (QED) is 0.756. The molecule has 124 valence electrons.